The molecule has 14 heavy (non-hydrogen) atoms. The van der Waals surface area contributed by atoms with Crippen LogP contribution in [0.4, 0.5) is 5.69 Å². The van der Waals surface area contributed by atoms with Crippen molar-refractivity contribution in [2.75, 3.05) is 5.73 Å². The maximum absolute atomic E-state index is 5.82. The Morgan fingerprint density at radius 3 is 2.71 bits per heavy atom. The highest BCUT2D eigenvalue weighted by atomic mass is 79.9. The molecule has 0 unspecified atom stereocenters. The lowest BCUT2D eigenvalue weighted by molar-refractivity contribution is 1.33. The predicted molar refractivity (Wildman–Crippen MR) is 61.8 cm³/mol. The first-order valence-corrected chi connectivity index (χ1v) is 5.03. The first-order valence-electron chi connectivity index (χ1n) is 4.24. The number of halogens is 1. The molecule has 3 heteroatoms. The number of benzene rings is 1. The molecule has 2 nitrogen and oxygen atoms in total. The molecule has 0 bridgehead atoms. The topological polar surface area (TPSA) is 38.9 Å². The van der Waals surface area contributed by atoms with E-state index in [-0.39, 0.29) is 0 Å². The molecular weight excluding hydrogens is 240 g/mol. The van der Waals surface area contributed by atoms with Crippen LogP contribution in [-0.2, 0) is 0 Å². The van der Waals surface area contributed by atoms with Gasteiger partial charge >= 0.3 is 0 Å². The lowest BCUT2D eigenvalue weighted by Gasteiger charge is -2.03. The summed E-state index contributed by atoms with van der Waals surface area (Å²) >= 11 is 3.42. The summed E-state index contributed by atoms with van der Waals surface area (Å²) in [6.45, 7) is 0. The fraction of sp³-hybridized carbons (Fsp3) is 0. The number of rotatable bonds is 1. The van der Waals surface area contributed by atoms with E-state index >= 15 is 0 Å². The highest BCUT2D eigenvalue weighted by Crippen LogP contribution is 2.25. The Bertz CT molecular complexity index is 455. The minimum atomic E-state index is 0.700. The molecule has 2 rings (SSSR count). The third-order valence-electron chi connectivity index (χ3n) is 1.94. The number of hydrogen-bond donors (Lipinski definition) is 1. The first kappa shape index (κ1) is 9.21. The smallest absolute Gasteiger partial charge is 0.0931 e. The van der Waals surface area contributed by atoms with Crippen molar-refractivity contribution in [2.45, 2.75) is 0 Å². The van der Waals surface area contributed by atoms with E-state index in [9.17, 15) is 0 Å². The molecule has 0 atom stereocenters. The van der Waals surface area contributed by atoms with Gasteiger partial charge in [0.15, 0.2) is 0 Å². The predicted octanol–water partition coefficient (Wildman–Crippen LogP) is 3.09. The zero-order chi connectivity index (χ0) is 9.97. The molecule has 70 valence electrons. The summed E-state index contributed by atoms with van der Waals surface area (Å²) in [7, 11) is 0. The van der Waals surface area contributed by atoms with Crippen LogP contribution >= 0.6 is 15.9 Å². The van der Waals surface area contributed by atoms with Crippen molar-refractivity contribution in [1.29, 1.82) is 0 Å². The van der Waals surface area contributed by atoms with E-state index in [0.717, 1.165) is 15.7 Å². The van der Waals surface area contributed by atoms with E-state index in [1.54, 1.807) is 6.20 Å². The van der Waals surface area contributed by atoms with Gasteiger partial charge in [0, 0.05) is 16.2 Å². The van der Waals surface area contributed by atoms with Crippen LogP contribution in [0.25, 0.3) is 11.3 Å². The number of nitrogens with two attached hydrogens (primary N) is 1. The standard InChI is InChI=1S/C11H9BrN2/c12-9-4-1-3-8(7-9)11-10(13)5-2-6-14-11/h1-7H,13H2. The van der Waals surface area contributed by atoms with Gasteiger partial charge in [0.25, 0.3) is 0 Å². The number of nitrogens with zero attached hydrogens (tertiary/aromatic N) is 1. The van der Waals surface area contributed by atoms with Crippen LogP contribution < -0.4 is 5.73 Å². The van der Waals surface area contributed by atoms with Crippen molar-refractivity contribution in [1.82, 2.24) is 4.98 Å². The molecule has 0 saturated carbocycles. The Kier molecular flexibility index (Phi) is 2.50. The fourth-order valence-corrected chi connectivity index (χ4v) is 1.69. The molecule has 0 amide bonds. The number of anilines is 1. The van der Waals surface area contributed by atoms with E-state index < -0.39 is 0 Å². The zero-order valence-corrected chi connectivity index (χ0v) is 9.03. The molecule has 0 aliphatic rings. The summed E-state index contributed by atoms with van der Waals surface area (Å²) in [6, 6.07) is 11.6. The van der Waals surface area contributed by atoms with Gasteiger partial charge in [-0.05, 0) is 24.3 Å². The lowest BCUT2D eigenvalue weighted by atomic mass is 10.1. The van der Waals surface area contributed by atoms with E-state index in [0.29, 0.717) is 5.69 Å². The number of aromatic nitrogens is 1. The van der Waals surface area contributed by atoms with Gasteiger partial charge in [-0.1, -0.05) is 28.1 Å². The summed E-state index contributed by atoms with van der Waals surface area (Å²) < 4.78 is 1.03. The van der Waals surface area contributed by atoms with Crippen molar-refractivity contribution in [3.63, 3.8) is 0 Å². The number of hydrogen-bond acceptors (Lipinski definition) is 2. The van der Waals surface area contributed by atoms with E-state index in [1.807, 2.05) is 36.4 Å². The molecule has 0 aliphatic heterocycles. The Labute approximate surface area is 90.9 Å². The zero-order valence-electron chi connectivity index (χ0n) is 7.44. The fourth-order valence-electron chi connectivity index (χ4n) is 1.29. The molecule has 0 radical (unpaired) electrons. The van der Waals surface area contributed by atoms with Gasteiger partial charge < -0.3 is 5.73 Å². The van der Waals surface area contributed by atoms with E-state index in [2.05, 4.69) is 20.9 Å². The van der Waals surface area contributed by atoms with Crippen LogP contribution in [0.15, 0.2) is 47.1 Å². The van der Waals surface area contributed by atoms with Crippen LogP contribution in [0, 0.1) is 0 Å². The maximum Gasteiger partial charge on any atom is 0.0931 e. The van der Waals surface area contributed by atoms with Crippen molar-refractivity contribution < 1.29 is 0 Å². The van der Waals surface area contributed by atoms with Gasteiger partial charge in [0.1, 0.15) is 0 Å². The van der Waals surface area contributed by atoms with Gasteiger partial charge in [0.2, 0.25) is 0 Å². The third kappa shape index (κ3) is 1.77. The van der Waals surface area contributed by atoms with Crippen molar-refractivity contribution in [3.8, 4) is 11.3 Å². The molecule has 1 aromatic heterocycles. The second-order valence-electron chi connectivity index (χ2n) is 2.95. The molecule has 0 saturated heterocycles. The average Bonchev–Trinajstić information content (AvgIpc) is 2.18. The van der Waals surface area contributed by atoms with Crippen LogP contribution in [0.1, 0.15) is 0 Å². The lowest BCUT2D eigenvalue weighted by Crippen LogP contribution is -1.92. The first-order chi connectivity index (χ1) is 6.77. The molecule has 0 aliphatic carbocycles. The second-order valence-corrected chi connectivity index (χ2v) is 3.87. The van der Waals surface area contributed by atoms with Gasteiger partial charge in [-0.15, -0.1) is 0 Å². The molecule has 1 aromatic carbocycles. The largest absolute Gasteiger partial charge is 0.397 e. The highest BCUT2D eigenvalue weighted by Gasteiger charge is 2.02. The van der Waals surface area contributed by atoms with Crippen LogP contribution in [0.2, 0.25) is 0 Å². The van der Waals surface area contributed by atoms with E-state index in [4.69, 9.17) is 5.73 Å². The average molecular weight is 249 g/mol. The van der Waals surface area contributed by atoms with Crippen LogP contribution in [0.3, 0.4) is 0 Å². The minimum absolute atomic E-state index is 0.700. The SMILES string of the molecule is Nc1cccnc1-c1cccc(Br)c1. The van der Waals surface area contributed by atoms with Gasteiger partial charge in [-0.3, -0.25) is 4.98 Å². The molecule has 1 heterocycles. The molecular formula is C11H9BrN2. The Morgan fingerprint density at radius 1 is 1.14 bits per heavy atom. The summed E-state index contributed by atoms with van der Waals surface area (Å²) in [5, 5.41) is 0. The Hall–Kier alpha value is -1.35. The van der Waals surface area contributed by atoms with Crippen LogP contribution in [0.5, 0.6) is 0 Å². The van der Waals surface area contributed by atoms with Crippen molar-refractivity contribution in [3.05, 3.63) is 47.1 Å². The van der Waals surface area contributed by atoms with Crippen LogP contribution in [-0.4, -0.2) is 4.98 Å². The number of nitrogen functional groups attached to an aromatic ring is 1. The molecule has 2 N–H and O–H groups in total. The normalized spacial score (nSPS) is 10.1. The minimum Gasteiger partial charge on any atom is -0.397 e. The summed E-state index contributed by atoms with van der Waals surface area (Å²) in [4.78, 5) is 4.24. The summed E-state index contributed by atoms with van der Waals surface area (Å²) in [5.74, 6) is 0. The van der Waals surface area contributed by atoms with Crippen molar-refractivity contribution in [2.24, 2.45) is 0 Å². The van der Waals surface area contributed by atoms with Crippen molar-refractivity contribution >= 4 is 21.6 Å². The number of pyridine rings is 1. The Balaban J connectivity index is 2.55. The van der Waals surface area contributed by atoms with Gasteiger partial charge in [0.05, 0.1) is 11.4 Å². The second kappa shape index (κ2) is 3.80. The summed E-state index contributed by atoms with van der Waals surface area (Å²) in [6.07, 6.45) is 1.74. The summed E-state index contributed by atoms with van der Waals surface area (Å²) in [5.41, 5.74) is 8.38. The molecule has 0 fully saturated rings. The maximum atomic E-state index is 5.82. The molecule has 2 aromatic rings. The van der Waals surface area contributed by atoms with Gasteiger partial charge in [-0.2, -0.15) is 0 Å². The van der Waals surface area contributed by atoms with Gasteiger partial charge in [-0.25, -0.2) is 0 Å². The van der Waals surface area contributed by atoms with E-state index in [1.165, 1.54) is 0 Å². The third-order valence-corrected chi connectivity index (χ3v) is 2.43. The monoisotopic (exact) mass is 248 g/mol. The quantitative estimate of drug-likeness (QED) is 0.843. The highest BCUT2D eigenvalue weighted by molar-refractivity contribution is 9.10. The molecule has 0 spiro atoms. The Morgan fingerprint density at radius 2 is 2.00 bits per heavy atom.